The van der Waals surface area contributed by atoms with Crippen LogP contribution in [0, 0.1) is 6.92 Å². The van der Waals surface area contributed by atoms with Crippen LogP contribution in [-0.2, 0) is 10.0 Å². The Bertz CT molecular complexity index is 1180. The van der Waals surface area contributed by atoms with E-state index in [9.17, 15) is 8.42 Å². The van der Waals surface area contributed by atoms with E-state index in [1.807, 2.05) is 30.7 Å². The van der Waals surface area contributed by atoms with Gasteiger partial charge in [0.2, 0.25) is 10.0 Å². The van der Waals surface area contributed by atoms with Gasteiger partial charge in [0.25, 0.3) is 0 Å². The second-order valence-corrected chi connectivity index (χ2v) is 9.82. The molecule has 0 N–H and O–H groups in total. The molecule has 2 aromatic heterocycles. The predicted octanol–water partition coefficient (Wildman–Crippen LogP) is 2.64. The van der Waals surface area contributed by atoms with Crippen LogP contribution in [0.5, 0.6) is 5.75 Å². The van der Waals surface area contributed by atoms with Crippen LogP contribution in [0.3, 0.4) is 0 Å². The summed E-state index contributed by atoms with van der Waals surface area (Å²) >= 11 is 3.36. The number of nitrogens with zero attached hydrogens (tertiary/aromatic N) is 6. The maximum Gasteiger partial charge on any atom is 0.246 e. The molecule has 1 aliphatic rings. The largest absolute Gasteiger partial charge is 0.492 e. The molecule has 3 aromatic rings. The molecule has 9 nitrogen and oxygen atoms in total. The van der Waals surface area contributed by atoms with E-state index in [4.69, 9.17) is 4.74 Å². The molecular formula is C20H23BrN6O3S. The monoisotopic (exact) mass is 506 g/mol. The molecule has 0 bridgehead atoms. The van der Waals surface area contributed by atoms with Crippen LogP contribution < -0.4 is 9.64 Å². The number of imidazole rings is 1. The van der Waals surface area contributed by atoms with E-state index in [1.54, 1.807) is 24.4 Å². The van der Waals surface area contributed by atoms with Gasteiger partial charge in [-0.15, -0.1) is 0 Å². The fourth-order valence-corrected chi connectivity index (χ4v) is 5.61. The highest BCUT2D eigenvalue weighted by Gasteiger charge is 2.31. The molecule has 0 aliphatic carbocycles. The second-order valence-electron chi connectivity index (χ2n) is 6.99. The van der Waals surface area contributed by atoms with Gasteiger partial charge in [0.05, 0.1) is 6.61 Å². The number of aromatic nitrogens is 4. The number of piperazine rings is 1. The molecule has 0 radical (unpaired) electrons. The van der Waals surface area contributed by atoms with Crippen molar-refractivity contribution < 1.29 is 13.2 Å². The summed E-state index contributed by atoms with van der Waals surface area (Å²) in [5.74, 6) is 2.68. The van der Waals surface area contributed by atoms with Crippen molar-refractivity contribution >= 4 is 31.8 Å². The molecule has 0 unspecified atom stereocenters. The van der Waals surface area contributed by atoms with Crippen molar-refractivity contribution in [2.45, 2.75) is 18.7 Å². The van der Waals surface area contributed by atoms with Crippen LogP contribution in [0.25, 0.3) is 5.82 Å². The minimum Gasteiger partial charge on any atom is -0.492 e. The van der Waals surface area contributed by atoms with Gasteiger partial charge in [-0.3, -0.25) is 4.57 Å². The molecule has 0 spiro atoms. The molecule has 1 saturated heterocycles. The minimum absolute atomic E-state index is 0.178. The van der Waals surface area contributed by atoms with Crippen molar-refractivity contribution in [2.75, 3.05) is 37.7 Å². The highest BCUT2D eigenvalue weighted by atomic mass is 79.9. The molecule has 11 heteroatoms. The van der Waals surface area contributed by atoms with Crippen molar-refractivity contribution in [3.8, 4) is 11.6 Å². The van der Waals surface area contributed by atoms with E-state index in [1.165, 1.54) is 10.6 Å². The minimum atomic E-state index is -3.69. The topological polar surface area (TPSA) is 93.5 Å². The third-order valence-corrected chi connectivity index (χ3v) is 7.51. The SMILES string of the molecule is CCOc1ccc(Br)cc1S(=O)(=O)N1CCN(c2cc(-n3ccnc3C)ncn2)CC1. The summed E-state index contributed by atoms with van der Waals surface area (Å²) < 4.78 is 36.2. The van der Waals surface area contributed by atoms with Crippen molar-refractivity contribution in [1.29, 1.82) is 0 Å². The Kier molecular flexibility index (Phi) is 6.26. The van der Waals surface area contributed by atoms with E-state index in [0.29, 0.717) is 43.0 Å². The van der Waals surface area contributed by atoms with E-state index >= 15 is 0 Å². The number of halogens is 1. The van der Waals surface area contributed by atoms with Gasteiger partial charge in [0.1, 0.15) is 34.4 Å². The Morgan fingerprint density at radius 3 is 2.48 bits per heavy atom. The maximum absolute atomic E-state index is 13.3. The molecule has 1 fully saturated rings. The van der Waals surface area contributed by atoms with Crippen LogP contribution in [0.15, 0.2) is 52.4 Å². The van der Waals surface area contributed by atoms with Gasteiger partial charge in [0.15, 0.2) is 0 Å². The van der Waals surface area contributed by atoms with Gasteiger partial charge in [0, 0.05) is 49.1 Å². The number of rotatable bonds is 6. The predicted molar refractivity (Wildman–Crippen MR) is 120 cm³/mol. The van der Waals surface area contributed by atoms with Gasteiger partial charge in [-0.2, -0.15) is 4.31 Å². The zero-order valence-corrected chi connectivity index (χ0v) is 19.7. The maximum atomic E-state index is 13.3. The molecule has 1 aliphatic heterocycles. The first-order valence-electron chi connectivity index (χ1n) is 9.90. The van der Waals surface area contributed by atoms with Crippen LogP contribution in [0.4, 0.5) is 5.82 Å². The fourth-order valence-electron chi connectivity index (χ4n) is 3.52. The quantitative estimate of drug-likeness (QED) is 0.507. The van der Waals surface area contributed by atoms with Gasteiger partial charge < -0.3 is 9.64 Å². The lowest BCUT2D eigenvalue weighted by molar-refractivity contribution is 0.327. The molecule has 0 amide bonds. The summed E-state index contributed by atoms with van der Waals surface area (Å²) in [6.07, 6.45) is 5.09. The van der Waals surface area contributed by atoms with E-state index in [-0.39, 0.29) is 4.90 Å². The Morgan fingerprint density at radius 2 is 1.81 bits per heavy atom. The van der Waals surface area contributed by atoms with Gasteiger partial charge in [-0.25, -0.2) is 23.4 Å². The summed E-state index contributed by atoms with van der Waals surface area (Å²) in [4.78, 5) is 15.2. The lowest BCUT2D eigenvalue weighted by Crippen LogP contribution is -2.49. The third-order valence-electron chi connectivity index (χ3n) is 5.10. The standard InChI is InChI=1S/C20H23BrN6O3S/c1-3-30-17-5-4-16(21)12-18(17)31(28,29)26-10-8-25(9-11-26)19-13-20(24-14-23-19)27-7-6-22-15(27)2/h4-7,12-14H,3,8-11H2,1-2H3. The summed E-state index contributed by atoms with van der Waals surface area (Å²) in [7, 11) is -3.69. The number of benzene rings is 1. The van der Waals surface area contributed by atoms with Crippen LogP contribution >= 0.6 is 15.9 Å². The third kappa shape index (κ3) is 4.43. The van der Waals surface area contributed by atoms with Crippen LogP contribution in [0.2, 0.25) is 0 Å². The smallest absolute Gasteiger partial charge is 0.246 e. The molecule has 4 rings (SSSR count). The normalized spacial score (nSPS) is 15.3. The number of aryl methyl sites for hydroxylation is 1. The van der Waals surface area contributed by atoms with Crippen molar-refractivity contribution in [2.24, 2.45) is 0 Å². The summed E-state index contributed by atoms with van der Waals surface area (Å²) in [5.41, 5.74) is 0. The molecule has 164 valence electrons. The first-order valence-corrected chi connectivity index (χ1v) is 12.1. The van der Waals surface area contributed by atoms with E-state index < -0.39 is 10.0 Å². The number of hydrogen-bond acceptors (Lipinski definition) is 7. The average Bonchev–Trinajstić information content (AvgIpc) is 3.21. The zero-order valence-electron chi connectivity index (χ0n) is 17.3. The van der Waals surface area contributed by atoms with Gasteiger partial charge >= 0.3 is 0 Å². The zero-order chi connectivity index (χ0) is 22.0. The summed E-state index contributed by atoms with van der Waals surface area (Å²) in [5, 5.41) is 0. The Morgan fingerprint density at radius 1 is 1.06 bits per heavy atom. The first-order chi connectivity index (χ1) is 14.9. The van der Waals surface area contributed by atoms with Gasteiger partial charge in [-0.1, -0.05) is 15.9 Å². The van der Waals surface area contributed by atoms with Gasteiger partial charge in [-0.05, 0) is 32.0 Å². The Hall–Kier alpha value is -2.50. The second kappa shape index (κ2) is 8.93. The first kappa shape index (κ1) is 21.7. The summed E-state index contributed by atoms with van der Waals surface area (Å²) in [6.45, 7) is 5.88. The molecule has 3 heterocycles. The van der Waals surface area contributed by atoms with Crippen LogP contribution in [0.1, 0.15) is 12.7 Å². The molecule has 31 heavy (non-hydrogen) atoms. The Labute approximate surface area is 189 Å². The van der Waals surface area contributed by atoms with E-state index in [0.717, 1.165) is 17.5 Å². The Balaban J connectivity index is 1.52. The van der Waals surface area contributed by atoms with Crippen molar-refractivity contribution in [3.05, 3.63) is 53.3 Å². The van der Waals surface area contributed by atoms with E-state index in [2.05, 4.69) is 35.8 Å². The number of hydrogen-bond donors (Lipinski definition) is 0. The highest BCUT2D eigenvalue weighted by Crippen LogP contribution is 2.31. The van der Waals surface area contributed by atoms with Crippen LogP contribution in [-0.4, -0.2) is 65.0 Å². The van der Waals surface area contributed by atoms with Crippen molar-refractivity contribution in [3.63, 3.8) is 0 Å². The number of anilines is 1. The average molecular weight is 507 g/mol. The lowest BCUT2D eigenvalue weighted by atomic mass is 10.3. The molecule has 1 aromatic carbocycles. The fraction of sp³-hybridized carbons (Fsp3) is 0.350. The highest BCUT2D eigenvalue weighted by molar-refractivity contribution is 9.10. The molecule has 0 saturated carbocycles. The molecule has 0 atom stereocenters. The number of sulfonamides is 1. The molecular weight excluding hydrogens is 484 g/mol. The lowest BCUT2D eigenvalue weighted by Gasteiger charge is -2.35. The van der Waals surface area contributed by atoms with Crippen molar-refractivity contribution in [1.82, 2.24) is 23.8 Å². The number of ether oxygens (including phenoxy) is 1. The summed E-state index contributed by atoms with van der Waals surface area (Å²) in [6, 6.07) is 6.94.